The standard InChI is InChI=1S/C27H29BrO7/c1-12-14(13-7-9-33-23(13)28)10-15-19(12)27(4)16(11-18(30)32-5)26(3)17(29)6-8-25(2)21(26)20(22(27)34-15)35-24(25)31/h6-9,14-16,20-22H,10-11H2,1-5H3. The molecule has 7 nitrogen and oxygen atoms in total. The van der Waals surface area contributed by atoms with E-state index in [0.717, 1.165) is 23.1 Å². The number of ether oxygens (including phenoxy) is 3. The SMILES string of the molecule is COC(=O)CC1C2(C)C3=C(C)C(c4ccoc4Br)CC3OC2C2OC(=O)C3(C)C=CC(=O)C1(C)C23. The van der Waals surface area contributed by atoms with Gasteiger partial charge in [0.2, 0.25) is 0 Å². The van der Waals surface area contributed by atoms with Gasteiger partial charge in [-0.1, -0.05) is 25.5 Å². The first-order chi connectivity index (χ1) is 16.5. The Bertz CT molecular complexity index is 1230. The van der Waals surface area contributed by atoms with Crippen molar-refractivity contribution in [1.29, 1.82) is 0 Å². The lowest BCUT2D eigenvalue weighted by Crippen LogP contribution is -2.66. The van der Waals surface area contributed by atoms with Gasteiger partial charge in [-0.15, -0.1) is 0 Å². The van der Waals surface area contributed by atoms with E-state index in [-0.39, 0.29) is 36.2 Å². The monoisotopic (exact) mass is 544 g/mol. The first-order valence-corrected chi connectivity index (χ1v) is 12.9. The second kappa shape index (κ2) is 7.19. The summed E-state index contributed by atoms with van der Waals surface area (Å²) >= 11 is 3.52. The minimum Gasteiger partial charge on any atom is -0.469 e. The molecule has 2 aliphatic heterocycles. The van der Waals surface area contributed by atoms with Crippen molar-refractivity contribution in [3.8, 4) is 0 Å². The Morgan fingerprint density at radius 2 is 1.97 bits per heavy atom. The van der Waals surface area contributed by atoms with Gasteiger partial charge in [0.1, 0.15) is 12.2 Å². The predicted octanol–water partition coefficient (Wildman–Crippen LogP) is 4.51. The van der Waals surface area contributed by atoms with Gasteiger partial charge in [-0.3, -0.25) is 14.4 Å². The summed E-state index contributed by atoms with van der Waals surface area (Å²) in [5.74, 6) is -1.56. The van der Waals surface area contributed by atoms with Gasteiger partial charge >= 0.3 is 11.9 Å². The summed E-state index contributed by atoms with van der Waals surface area (Å²) in [6.45, 7) is 7.95. The zero-order valence-corrected chi connectivity index (χ0v) is 22.0. The van der Waals surface area contributed by atoms with E-state index >= 15 is 0 Å². The molecular formula is C27H29BrO7. The smallest absolute Gasteiger partial charge is 0.316 e. The average Bonchev–Trinajstić information content (AvgIpc) is 3.52. The average molecular weight is 545 g/mol. The number of rotatable bonds is 3. The Balaban J connectivity index is 1.57. The molecule has 35 heavy (non-hydrogen) atoms. The second-order valence-electron chi connectivity index (χ2n) is 11.3. The molecule has 0 bridgehead atoms. The summed E-state index contributed by atoms with van der Waals surface area (Å²) < 4.78 is 24.1. The zero-order valence-electron chi connectivity index (χ0n) is 20.4. The molecule has 1 aromatic heterocycles. The van der Waals surface area contributed by atoms with E-state index < -0.39 is 40.3 Å². The maximum Gasteiger partial charge on any atom is 0.316 e. The van der Waals surface area contributed by atoms with Crippen LogP contribution in [0.3, 0.4) is 0 Å². The van der Waals surface area contributed by atoms with Crippen LogP contribution < -0.4 is 0 Å². The molecule has 8 heteroatoms. The Labute approximate surface area is 212 Å². The number of carbonyl (C=O) groups is 3. The normalized spacial score (nSPS) is 45.3. The van der Waals surface area contributed by atoms with Crippen LogP contribution in [0.5, 0.6) is 0 Å². The van der Waals surface area contributed by atoms with Crippen molar-refractivity contribution in [2.75, 3.05) is 7.11 Å². The number of hydrogen-bond donors (Lipinski definition) is 0. The van der Waals surface area contributed by atoms with Crippen molar-refractivity contribution in [2.24, 2.45) is 28.1 Å². The van der Waals surface area contributed by atoms with Crippen LogP contribution in [0.25, 0.3) is 0 Å². The Morgan fingerprint density at radius 3 is 2.63 bits per heavy atom. The Kier molecular flexibility index (Phi) is 4.77. The van der Waals surface area contributed by atoms with Crippen molar-refractivity contribution < 1.29 is 33.0 Å². The van der Waals surface area contributed by atoms with Crippen LogP contribution in [-0.2, 0) is 28.6 Å². The predicted molar refractivity (Wildman–Crippen MR) is 127 cm³/mol. The second-order valence-corrected chi connectivity index (χ2v) is 12.0. The molecule has 2 saturated heterocycles. The topological polar surface area (TPSA) is 92.0 Å². The van der Waals surface area contributed by atoms with E-state index in [1.807, 2.05) is 19.9 Å². The molecule has 0 spiro atoms. The van der Waals surface area contributed by atoms with E-state index in [1.54, 1.807) is 12.3 Å². The van der Waals surface area contributed by atoms with Crippen LogP contribution >= 0.6 is 15.9 Å². The molecular weight excluding hydrogens is 516 g/mol. The molecule has 9 unspecified atom stereocenters. The van der Waals surface area contributed by atoms with Gasteiger partial charge in [0, 0.05) is 28.2 Å². The molecule has 3 aliphatic carbocycles. The first-order valence-electron chi connectivity index (χ1n) is 12.1. The third kappa shape index (κ3) is 2.62. The molecule has 9 atom stereocenters. The molecule has 0 amide bonds. The maximum absolute atomic E-state index is 13.7. The zero-order chi connectivity index (χ0) is 25.1. The summed E-state index contributed by atoms with van der Waals surface area (Å²) in [7, 11) is 1.37. The molecule has 1 saturated carbocycles. The fourth-order valence-corrected chi connectivity index (χ4v) is 8.98. The lowest BCUT2D eigenvalue weighted by molar-refractivity contribution is -0.190. The van der Waals surface area contributed by atoms with Crippen LogP contribution in [0.1, 0.15) is 52.0 Å². The van der Waals surface area contributed by atoms with Crippen molar-refractivity contribution in [1.82, 2.24) is 0 Å². The number of esters is 2. The maximum atomic E-state index is 13.7. The fourth-order valence-electron chi connectivity index (χ4n) is 8.46. The molecule has 0 aromatic carbocycles. The number of carbonyl (C=O) groups excluding carboxylic acids is 3. The van der Waals surface area contributed by atoms with E-state index in [0.29, 0.717) is 4.67 Å². The van der Waals surface area contributed by atoms with Gasteiger partial charge in [0.15, 0.2) is 10.5 Å². The number of methoxy groups -OCH3 is 1. The number of fused-ring (bicyclic) bond motifs is 4. The highest BCUT2D eigenvalue weighted by atomic mass is 79.9. The van der Waals surface area contributed by atoms with Crippen molar-refractivity contribution in [3.05, 3.63) is 45.9 Å². The molecule has 186 valence electrons. The Morgan fingerprint density at radius 1 is 1.23 bits per heavy atom. The lowest BCUT2D eigenvalue weighted by atomic mass is 9.42. The molecule has 3 fully saturated rings. The van der Waals surface area contributed by atoms with Crippen LogP contribution in [0.4, 0.5) is 0 Å². The third-order valence-corrected chi connectivity index (χ3v) is 10.6. The summed E-state index contributed by atoms with van der Waals surface area (Å²) in [5, 5.41) is 0. The lowest BCUT2D eigenvalue weighted by Gasteiger charge is -2.59. The number of furan rings is 1. The van der Waals surface area contributed by atoms with Crippen molar-refractivity contribution in [2.45, 2.75) is 64.8 Å². The van der Waals surface area contributed by atoms with E-state index in [1.165, 1.54) is 13.2 Å². The molecule has 5 aliphatic rings. The molecule has 1 aromatic rings. The highest BCUT2D eigenvalue weighted by Crippen LogP contribution is 2.72. The summed E-state index contributed by atoms with van der Waals surface area (Å²) in [4.78, 5) is 39.7. The number of halogens is 1. The molecule has 6 rings (SSSR count). The highest BCUT2D eigenvalue weighted by molar-refractivity contribution is 9.10. The number of allylic oxidation sites excluding steroid dienone is 2. The Hall–Kier alpha value is -2.19. The van der Waals surface area contributed by atoms with E-state index in [4.69, 9.17) is 18.6 Å². The van der Waals surface area contributed by atoms with Gasteiger partial charge < -0.3 is 18.6 Å². The third-order valence-electron chi connectivity index (χ3n) is 9.98. The van der Waals surface area contributed by atoms with E-state index in [9.17, 15) is 14.4 Å². The number of ketones is 1. The molecule has 0 N–H and O–H groups in total. The summed E-state index contributed by atoms with van der Waals surface area (Å²) in [5.41, 5.74) is 0.674. The minimum atomic E-state index is -1.00. The largest absolute Gasteiger partial charge is 0.469 e. The van der Waals surface area contributed by atoms with Crippen LogP contribution in [0.15, 0.2) is 44.7 Å². The quantitative estimate of drug-likeness (QED) is 0.408. The number of hydrogen-bond acceptors (Lipinski definition) is 7. The van der Waals surface area contributed by atoms with E-state index in [2.05, 4.69) is 29.8 Å². The van der Waals surface area contributed by atoms with Crippen LogP contribution in [-0.4, -0.2) is 43.1 Å². The molecule has 0 radical (unpaired) electrons. The summed E-state index contributed by atoms with van der Waals surface area (Å²) in [6.07, 6.45) is 4.42. The van der Waals surface area contributed by atoms with Gasteiger partial charge in [0.25, 0.3) is 0 Å². The fraction of sp³-hybridized carbons (Fsp3) is 0.593. The van der Waals surface area contributed by atoms with Gasteiger partial charge in [-0.05, 0) is 59.8 Å². The summed E-state index contributed by atoms with van der Waals surface area (Å²) in [6, 6.07) is 1.96. The van der Waals surface area contributed by atoms with Gasteiger partial charge in [0.05, 0.1) is 31.3 Å². The minimum absolute atomic E-state index is 0.0556. The van der Waals surface area contributed by atoms with Crippen LogP contribution in [0.2, 0.25) is 0 Å². The van der Waals surface area contributed by atoms with Gasteiger partial charge in [-0.25, -0.2) is 0 Å². The van der Waals surface area contributed by atoms with Gasteiger partial charge in [-0.2, -0.15) is 0 Å². The van der Waals surface area contributed by atoms with Crippen molar-refractivity contribution in [3.63, 3.8) is 0 Å². The highest BCUT2D eigenvalue weighted by Gasteiger charge is 2.77. The molecule has 3 heterocycles. The van der Waals surface area contributed by atoms with Crippen LogP contribution in [0, 0.1) is 28.1 Å². The first kappa shape index (κ1) is 23.2. The van der Waals surface area contributed by atoms with Crippen molar-refractivity contribution >= 4 is 33.7 Å².